The summed E-state index contributed by atoms with van der Waals surface area (Å²) in [7, 11) is 0. The second-order valence-corrected chi connectivity index (χ2v) is 14.3. The lowest BCUT2D eigenvalue weighted by Crippen LogP contribution is -2.25. The molecule has 56 heavy (non-hydrogen) atoms. The summed E-state index contributed by atoms with van der Waals surface area (Å²) in [6.45, 7) is 6.15. The summed E-state index contributed by atoms with van der Waals surface area (Å²) >= 11 is 0. The number of allylic oxidation sites excluding steroid dienone is 5. The van der Waals surface area contributed by atoms with Crippen molar-refractivity contribution in [3.8, 4) is 56.2 Å². The van der Waals surface area contributed by atoms with Gasteiger partial charge in [-0.05, 0) is 91.4 Å². The Morgan fingerprint density at radius 1 is 0.482 bits per heavy atom. The van der Waals surface area contributed by atoms with E-state index in [-0.39, 0.29) is 0 Å². The molecule has 0 bridgehead atoms. The van der Waals surface area contributed by atoms with Gasteiger partial charge in [0.25, 0.3) is 0 Å². The summed E-state index contributed by atoms with van der Waals surface area (Å²) in [4.78, 5) is 19.9. The molecule has 6 aromatic carbocycles. The van der Waals surface area contributed by atoms with Gasteiger partial charge in [0.15, 0.2) is 17.5 Å². The predicted octanol–water partition coefficient (Wildman–Crippen LogP) is 12.3. The maximum absolute atomic E-state index is 5.28. The molecule has 4 nitrogen and oxygen atoms in total. The monoisotopic (exact) mass is 716 g/mol. The number of hydrogen-bond acceptors (Lipinski definition) is 4. The minimum absolute atomic E-state index is 0.463. The van der Waals surface area contributed by atoms with E-state index in [2.05, 4.69) is 158 Å². The number of pyridine rings is 1. The summed E-state index contributed by atoms with van der Waals surface area (Å²) in [5.74, 6) is 1.87. The molecule has 2 heterocycles. The molecule has 2 aliphatic carbocycles. The molecule has 0 N–H and O–H groups in total. The largest absolute Gasteiger partial charge is 0.265 e. The van der Waals surface area contributed by atoms with Crippen LogP contribution in [0, 0.1) is 0 Å². The highest BCUT2D eigenvalue weighted by Gasteiger charge is 2.52. The zero-order valence-electron chi connectivity index (χ0n) is 30.9. The fourth-order valence-corrected chi connectivity index (χ4v) is 8.69. The van der Waals surface area contributed by atoms with E-state index in [1.807, 2.05) is 48.8 Å². The molecule has 264 valence electrons. The van der Waals surface area contributed by atoms with E-state index >= 15 is 0 Å². The Labute approximate surface area is 327 Å². The molecule has 0 radical (unpaired) electrons. The van der Waals surface area contributed by atoms with Crippen LogP contribution < -0.4 is 0 Å². The lowest BCUT2D eigenvalue weighted by molar-refractivity contribution is 0.794. The zero-order chi connectivity index (χ0) is 37.6. The molecule has 4 heteroatoms. The van der Waals surface area contributed by atoms with E-state index in [0.29, 0.717) is 17.5 Å². The van der Waals surface area contributed by atoms with Crippen LogP contribution >= 0.6 is 0 Å². The van der Waals surface area contributed by atoms with Crippen LogP contribution in [0.3, 0.4) is 0 Å². The molecule has 0 fully saturated rings. The third kappa shape index (κ3) is 5.22. The van der Waals surface area contributed by atoms with Crippen LogP contribution in [0.5, 0.6) is 0 Å². The standard InChI is InChI=1S/C52H36N4/c1-3-35(36-14-5-4-6-15-36)25-24-34(2)49-54-50(39-28-26-37(27-29-39)38-30-32-53-33-31-38)56-51(55-49)43-19-13-23-47-48(43)42-18-9-12-22-46(42)52(47)44-20-10-7-16-40(44)41-17-8-11-21-45(41)52/h3-33H,1H2,2H3/b34-24+,35-25+. The lowest BCUT2D eigenvalue weighted by atomic mass is 9.70. The number of nitrogens with zero attached hydrogens (tertiary/aromatic N) is 4. The van der Waals surface area contributed by atoms with Crippen molar-refractivity contribution in [2.24, 2.45) is 0 Å². The van der Waals surface area contributed by atoms with Gasteiger partial charge >= 0.3 is 0 Å². The van der Waals surface area contributed by atoms with Gasteiger partial charge in [0.2, 0.25) is 0 Å². The molecule has 0 saturated carbocycles. The normalized spacial score (nSPS) is 13.5. The minimum atomic E-state index is -0.463. The number of hydrogen-bond donors (Lipinski definition) is 0. The average Bonchev–Trinajstić information content (AvgIpc) is 3.75. The Hall–Kier alpha value is -7.30. The third-order valence-corrected chi connectivity index (χ3v) is 11.2. The molecule has 0 atom stereocenters. The van der Waals surface area contributed by atoms with E-state index in [1.165, 1.54) is 38.9 Å². The second kappa shape index (κ2) is 13.5. The Morgan fingerprint density at radius 3 is 1.70 bits per heavy atom. The summed E-state index contributed by atoms with van der Waals surface area (Å²) in [6.07, 6.45) is 9.67. The van der Waals surface area contributed by atoms with Crippen molar-refractivity contribution in [3.63, 3.8) is 0 Å². The predicted molar refractivity (Wildman–Crippen MR) is 228 cm³/mol. The van der Waals surface area contributed by atoms with Crippen molar-refractivity contribution in [1.82, 2.24) is 19.9 Å². The van der Waals surface area contributed by atoms with Crippen molar-refractivity contribution < 1.29 is 0 Å². The van der Waals surface area contributed by atoms with Crippen molar-refractivity contribution in [2.75, 3.05) is 0 Å². The number of rotatable bonds is 7. The molecule has 0 amide bonds. The molecule has 2 aromatic heterocycles. The van der Waals surface area contributed by atoms with Crippen molar-refractivity contribution in [1.29, 1.82) is 0 Å². The first-order valence-corrected chi connectivity index (χ1v) is 18.9. The van der Waals surface area contributed by atoms with Crippen LogP contribution in [0.1, 0.15) is 40.6 Å². The van der Waals surface area contributed by atoms with E-state index in [9.17, 15) is 0 Å². The number of benzene rings is 6. The lowest BCUT2D eigenvalue weighted by Gasteiger charge is -2.30. The first-order chi connectivity index (χ1) is 27.6. The summed E-state index contributed by atoms with van der Waals surface area (Å²) in [5, 5.41) is 0. The summed E-state index contributed by atoms with van der Waals surface area (Å²) < 4.78 is 0. The van der Waals surface area contributed by atoms with Crippen molar-refractivity contribution in [3.05, 3.63) is 229 Å². The summed E-state index contributed by atoms with van der Waals surface area (Å²) in [6, 6.07) is 56.0. The molecule has 0 saturated heterocycles. The van der Waals surface area contributed by atoms with Crippen LogP contribution in [0.2, 0.25) is 0 Å². The van der Waals surface area contributed by atoms with Gasteiger partial charge in [-0.15, -0.1) is 0 Å². The Balaban J connectivity index is 1.18. The topological polar surface area (TPSA) is 51.6 Å². The fourth-order valence-electron chi connectivity index (χ4n) is 8.69. The van der Waals surface area contributed by atoms with Crippen LogP contribution in [-0.2, 0) is 5.41 Å². The van der Waals surface area contributed by atoms with Gasteiger partial charge in [0, 0.05) is 23.5 Å². The molecular formula is C52H36N4. The highest BCUT2D eigenvalue weighted by atomic mass is 15.0. The number of aromatic nitrogens is 4. The maximum atomic E-state index is 5.28. The molecule has 1 spiro atoms. The van der Waals surface area contributed by atoms with Gasteiger partial charge < -0.3 is 0 Å². The maximum Gasteiger partial charge on any atom is 0.164 e. The molecule has 0 unspecified atom stereocenters. The van der Waals surface area contributed by atoms with Crippen LogP contribution in [-0.4, -0.2) is 19.9 Å². The Morgan fingerprint density at radius 2 is 1.02 bits per heavy atom. The minimum Gasteiger partial charge on any atom is -0.265 e. The third-order valence-electron chi connectivity index (χ3n) is 11.2. The smallest absolute Gasteiger partial charge is 0.164 e. The van der Waals surface area contributed by atoms with Crippen LogP contribution in [0.4, 0.5) is 0 Å². The molecule has 2 aliphatic rings. The second-order valence-electron chi connectivity index (χ2n) is 14.3. The highest BCUT2D eigenvalue weighted by Crippen LogP contribution is 2.63. The van der Waals surface area contributed by atoms with E-state index in [4.69, 9.17) is 15.0 Å². The quantitative estimate of drug-likeness (QED) is 0.154. The first kappa shape index (κ1) is 33.3. The van der Waals surface area contributed by atoms with Crippen molar-refractivity contribution >= 4 is 11.1 Å². The Kier molecular flexibility index (Phi) is 8.04. The molecule has 8 aromatic rings. The van der Waals surface area contributed by atoms with E-state index < -0.39 is 5.41 Å². The van der Waals surface area contributed by atoms with Crippen LogP contribution in [0.15, 0.2) is 195 Å². The summed E-state index contributed by atoms with van der Waals surface area (Å²) in [5.41, 5.74) is 16.7. The fraction of sp³-hybridized carbons (Fsp3) is 0.0385. The average molecular weight is 717 g/mol. The van der Waals surface area contributed by atoms with Gasteiger partial charge in [-0.3, -0.25) is 4.98 Å². The van der Waals surface area contributed by atoms with Crippen LogP contribution in [0.25, 0.3) is 67.3 Å². The zero-order valence-corrected chi connectivity index (χ0v) is 30.9. The highest BCUT2D eigenvalue weighted by molar-refractivity contribution is 5.99. The SMILES string of the molecule is C=C/C(=C\C=C(/C)c1nc(-c2ccc(-c3ccncc3)cc2)nc(-c2cccc3c2-c2ccccc2C32c3ccccc3-c3ccccc32)n1)c1ccccc1. The van der Waals surface area contributed by atoms with Gasteiger partial charge in [-0.25, -0.2) is 15.0 Å². The molecule has 10 rings (SSSR count). The van der Waals surface area contributed by atoms with Gasteiger partial charge in [-0.2, -0.15) is 0 Å². The van der Waals surface area contributed by atoms with E-state index in [1.54, 1.807) is 0 Å². The molecule has 0 aliphatic heterocycles. The number of fused-ring (bicyclic) bond motifs is 10. The van der Waals surface area contributed by atoms with E-state index in [0.717, 1.165) is 44.5 Å². The first-order valence-electron chi connectivity index (χ1n) is 18.9. The van der Waals surface area contributed by atoms with Gasteiger partial charge in [-0.1, -0.05) is 170 Å². The van der Waals surface area contributed by atoms with Gasteiger partial charge in [0.05, 0.1) is 5.41 Å². The Bertz CT molecular complexity index is 2820. The van der Waals surface area contributed by atoms with Crippen molar-refractivity contribution in [2.45, 2.75) is 12.3 Å². The molecular weight excluding hydrogens is 681 g/mol. The van der Waals surface area contributed by atoms with Gasteiger partial charge in [0.1, 0.15) is 0 Å².